The number of para-hydroxylation sites is 1. The van der Waals surface area contributed by atoms with Crippen LogP contribution in [-0.2, 0) is 6.54 Å². The van der Waals surface area contributed by atoms with Gasteiger partial charge < -0.3 is 9.88 Å². The van der Waals surface area contributed by atoms with Crippen LogP contribution < -0.4 is 5.32 Å². The maximum atomic E-state index is 3.56. The van der Waals surface area contributed by atoms with Crippen molar-refractivity contribution in [2.75, 3.05) is 0 Å². The van der Waals surface area contributed by atoms with Crippen LogP contribution in [0.3, 0.4) is 0 Å². The Labute approximate surface area is 122 Å². The van der Waals surface area contributed by atoms with Crippen molar-refractivity contribution in [1.29, 1.82) is 0 Å². The monoisotopic (exact) mass is 270 g/mol. The molecule has 0 aliphatic heterocycles. The third-order valence-electron chi connectivity index (χ3n) is 4.49. The number of aromatic nitrogens is 1. The number of rotatable bonds is 4. The summed E-state index contributed by atoms with van der Waals surface area (Å²) in [6, 6.07) is 10.2. The number of benzene rings is 1. The minimum absolute atomic E-state index is 0.531. The fourth-order valence-corrected chi connectivity index (χ4v) is 3.42. The molecule has 1 fully saturated rings. The second-order valence-electron chi connectivity index (χ2n) is 6.41. The van der Waals surface area contributed by atoms with Crippen LogP contribution in [0.2, 0.25) is 0 Å². The molecule has 0 spiro atoms. The van der Waals surface area contributed by atoms with Crippen LogP contribution in [0.4, 0.5) is 0 Å². The molecule has 1 N–H and O–H groups in total. The molecule has 2 nitrogen and oxygen atoms in total. The Balaban J connectivity index is 1.95. The summed E-state index contributed by atoms with van der Waals surface area (Å²) in [7, 11) is 0. The summed E-state index contributed by atoms with van der Waals surface area (Å²) < 4.78 is 2.55. The lowest BCUT2D eigenvalue weighted by Crippen LogP contribution is -2.22. The summed E-state index contributed by atoms with van der Waals surface area (Å²) in [6.07, 6.45) is 9.18. The number of nitrogens with one attached hydrogen (secondary N) is 1. The molecular weight excluding hydrogens is 244 g/mol. The lowest BCUT2D eigenvalue weighted by atomic mass is 9.95. The molecule has 0 radical (unpaired) electrons. The Bertz CT molecular complexity index is 562. The van der Waals surface area contributed by atoms with Crippen LogP contribution in [0, 0.1) is 0 Å². The lowest BCUT2D eigenvalue weighted by molar-refractivity contribution is 0.360. The van der Waals surface area contributed by atoms with Gasteiger partial charge in [0, 0.05) is 24.8 Å². The number of nitrogens with zero attached hydrogens (tertiary/aromatic N) is 1. The van der Waals surface area contributed by atoms with Crippen LogP contribution >= 0.6 is 0 Å². The Morgan fingerprint density at radius 3 is 2.70 bits per heavy atom. The van der Waals surface area contributed by atoms with Gasteiger partial charge in [0.1, 0.15) is 0 Å². The molecule has 1 saturated carbocycles. The maximum absolute atomic E-state index is 3.56. The van der Waals surface area contributed by atoms with E-state index in [2.05, 4.69) is 54.2 Å². The normalized spacial score (nSPS) is 17.1. The Morgan fingerprint density at radius 2 is 1.95 bits per heavy atom. The standard InChI is InChI=1S/C18H26N2/c1-14(2)19-13-16-8-6-7-15-11-12-20(18(15)16)17-9-4-3-5-10-17/h6-8,11-12,14,17,19H,3-5,9-10,13H2,1-2H3. The number of fused-ring (bicyclic) bond motifs is 1. The molecule has 2 aromatic rings. The predicted octanol–water partition coefficient (Wildman–Crippen LogP) is 4.64. The smallest absolute Gasteiger partial charge is 0.0528 e. The zero-order valence-corrected chi connectivity index (χ0v) is 12.7. The van der Waals surface area contributed by atoms with E-state index < -0.39 is 0 Å². The van der Waals surface area contributed by atoms with E-state index in [1.165, 1.54) is 48.6 Å². The maximum Gasteiger partial charge on any atom is 0.0528 e. The summed E-state index contributed by atoms with van der Waals surface area (Å²) in [6.45, 7) is 5.38. The van der Waals surface area contributed by atoms with Crippen molar-refractivity contribution < 1.29 is 0 Å². The SMILES string of the molecule is CC(C)NCc1cccc2ccn(C3CCCCC3)c12. The largest absolute Gasteiger partial charge is 0.344 e. The molecule has 1 heterocycles. The molecule has 0 unspecified atom stereocenters. The first-order valence-electron chi connectivity index (χ1n) is 8.07. The topological polar surface area (TPSA) is 17.0 Å². The first-order valence-corrected chi connectivity index (χ1v) is 8.07. The van der Waals surface area contributed by atoms with Gasteiger partial charge in [-0.05, 0) is 29.9 Å². The van der Waals surface area contributed by atoms with Crippen LogP contribution in [0.5, 0.6) is 0 Å². The quantitative estimate of drug-likeness (QED) is 0.856. The van der Waals surface area contributed by atoms with E-state index in [0.717, 1.165) is 6.54 Å². The van der Waals surface area contributed by atoms with E-state index in [0.29, 0.717) is 12.1 Å². The van der Waals surface area contributed by atoms with E-state index in [1.54, 1.807) is 0 Å². The van der Waals surface area contributed by atoms with Crippen molar-refractivity contribution in [2.45, 2.75) is 64.6 Å². The van der Waals surface area contributed by atoms with Gasteiger partial charge in [-0.1, -0.05) is 51.3 Å². The minimum atomic E-state index is 0.531. The third-order valence-corrected chi connectivity index (χ3v) is 4.49. The fourth-order valence-electron chi connectivity index (χ4n) is 3.42. The Hall–Kier alpha value is -1.28. The van der Waals surface area contributed by atoms with Crippen LogP contribution in [0.1, 0.15) is 57.6 Å². The van der Waals surface area contributed by atoms with Gasteiger partial charge in [0.15, 0.2) is 0 Å². The molecular formula is C18H26N2. The van der Waals surface area contributed by atoms with Gasteiger partial charge >= 0.3 is 0 Å². The van der Waals surface area contributed by atoms with Gasteiger partial charge in [-0.3, -0.25) is 0 Å². The molecule has 0 saturated heterocycles. The molecule has 1 aliphatic rings. The first kappa shape index (κ1) is 13.7. The van der Waals surface area contributed by atoms with Crippen molar-refractivity contribution in [2.24, 2.45) is 0 Å². The van der Waals surface area contributed by atoms with Crippen LogP contribution in [0.15, 0.2) is 30.5 Å². The fraction of sp³-hybridized carbons (Fsp3) is 0.556. The highest BCUT2D eigenvalue weighted by atomic mass is 15.0. The van der Waals surface area contributed by atoms with Crippen LogP contribution in [-0.4, -0.2) is 10.6 Å². The van der Waals surface area contributed by atoms with E-state index in [9.17, 15) is 0 Å². The second-order valence-corrected chi connectivity index (χ2v) is 6.41. The van der Waals surface area contributed by atoms with Gasteiger partial charge in [0.25, 0.3) is 0 Å². The summed E-state index contributed by atoms with van der Waals surface area (Å²) in [5.41, 5.74) is 2.89. The molecule has 0 amide bonds. The highest BCUT2D eigenvalue weighted by molar-refractivity contribution is 5.83. The molecule has 2 heteroatoms. The van der Waals surface area contributed by atoms with Crippen molar-refractivity contribution in [3.63, 3.8) is 0 Å². The number of hydrogen-bond acceptors (Lipinski definition) is 1. The van der Waals surface area contributed by atoms with Gasteiger partial charge in [-0.15, -0.1) is 0 Å². The summed E-state index contributed by atoms with van der Waals surface area (Å²) in [4.78, 5) is 0. The lowest BCUT2D eigenvalue weighted by Gasteiger charge is -2.25. The average Bonchev–Trinajstić information content (AvgIpc) is 2.90. The highest BCUT2D eigenvalue weighted by Gasteiger charge is 2.17. The van der Waals surface area contributed by atoms with E-state index >= 15 is 0 Å². The molecule has 0 atom stereocenters. The zero-order valence-electron chi connectivity index (χ0n) is 12.7. The van der Waals surface area contributed by atoms with Crippen molar-refractivity contribution >= 4 is 10.9 Å². The van der Waals surface area contributed by atoms with Crippen LogP contribution in [0.25, 0.3) is 10.9 Å². The average molecular weight is 270 g/mol. The molecule has 108 valence electrons. The molecule has 1 aromatic carbocycles. The Kier molecular flexibility index (Phi) is 4.11. The van der Waals surface area contributed by atoms with E-state index in [4.69, 9.17) is 0 Å². The molecule has 1 aromatic heterocycles. The minimum Gasteiger partial charge on any atom is -0.344 e. The van der Waals surface area contributed by atoms with Crippen molar-refractivity contribution in [3.8, 4) is 0 Å². The van der Waals surface area contributed by atoms with Gasteiger partial charge in [-0.2, -0.15) is 0 Å². The summed E-state index contributed by atoms with van der Waals surface area (Å²) in [5.74, 6) is 0. The van der Waals surface area contributed by atoms with E-state index in [-0.39, 0.29) is 0 Å². The van der Waals surface area contributed by atoms with Crippen molar-refractivity contribution in [3.05, 3.63) is 36.0 Å². The third kappa shape index (κ3) is 2.76. The van der Waals surface area contributed by atoms with Gasteiger partial charge in [-0.25, -0.2) is 0 Å². The highest BCUT2D eigenvalue weighted by Crippen LogP contribution is 2.32. The second kappa shape index (κ2) is 6.01. The van der Waals surface area contributed by atoms with E-state index in [1.807, 2.05) is 0 Å². The Morgan fingerprint density at radius 1 is 1.15 bits per heavy atom. The summed E-state index contributed by atoms with van der Waals surface area (Å²) in [5, 5.41) is 4.95. The summed E-state index contributed by atoms with van der Waals surface area (Å²) >= 11 is 0. The van der Waals surface area contributed by atoms with Gasteiger partial charge in [0.2, 0.25) is 0 Å². The first-order chi connectivity index (χ1) is 9.75. The molecule has 3 rings (SSSR count). The molecule has 0 bridgehead atoms. The zero-order chi connectivity index (χ0) is 13.9. The van der Waals surface area contributed by atoms with Crippen molar-refractivity contribution in [1.82, 2.24) is 9.88 Å². The predicted molar refractivity (Wildman–Crippen MR) is 86.0 cm³/mol. The molecule has 20 heavy (non-hydrogen) atoms. The molecule has 1 aliphatic carbocycles. The number of hydrogen-bond donors (Lipinski definition) is 1. The van der Waals surface area contributed by atoms with Gasteiger partial charge in [0.05, 0.1) is 5.52 Å².